The standard InChI is InChI=1S/C5H11N3/c1-2-7-8-5-3-4-6/h2-4,8H,5-6H2,1H3/b4-3-,7-2-. The monoisotopic (exact) mass is 113 g/mol. The van der Waals surface area contributed by atoms with Crippen LogP contribution in [0.15, 0.2) is 17.4 Å². The molecule has 0 spiro atoms. The molecule has 0 aromatic heterocycles. The van der Waals surface area contributed by atoms with Crippen molar-refractivity contribution in [3.8, 4) is 0 Å². The van der Waals surface area contributed by atoms with Gasteiger partial charge in [-0.1, -0.05) is 0 Å². The van der Waals surface area contributed by atoms with E-state index in [0.717, 1.165) is 0 Å². The van der Waals surface area contributed by atoms with E-state index in [2.05, 4.69) is 10.5 Å². The van der Waals surface area contributed by atoms with Gasteiger partial charge < -0.3 is 11.2 Å². The Bertz CT molecular complexity index is 73.7. The van der Waals surface area contributed by atoms with Gasteiger partial charge in [0.1, 0.15) is 0 Å². The molecule has 0 atom stereocenters. The molecule has 0 bridgehead atoms. The van der Waals surface area contributed by atoms with Gasteiger partial charge in [-0.2, -0.15) is 5.10 Å². The van der Waals surface area contributed by atoms with E-state index in [4.69, 9.17) is 5.73 Å². The first-order chi connectivity index (χ1) is 3.91. The van der Waals surface area contributed by atoms with Crippen molar-refractivity contribution in [2.45, 2.75) is 6.92 Å². The summed E-state index contributed by atoms with van der Waals surface area (Å²) >= 11 is 0. The fourth-order valence-electron chi connectivity index (χ4n) is 0.265. The molecule has 0 saturated heterocycles. The van der Waals surface area contributed by atoms with Crippen LogP contribution in [0.1, 0.15) is 6.92 Å². The largest absolute Gasteiger partial charge is 0.405 e. The van der Waals surface area contributed by atoms with Crippen molar-refractivity contribution in [1.29, 1.82) is 0 Å². The smallest absolute Gasteiger partial charge is 0.0527 e. The van der Waals surface area contributed by atoms with Crippen LogP contribution in [0.3, 0.4) is 0 Å². The second kappa shape index (κ2) is 6.01. The third-order valence-corrected chi connectivity index (χ3v) is 0.566. The Balaban J connectivity index is 2.93. The van der Waals surface area contributed by atoms with Crippen LogP contribution in [0.25, 0.3) is 0 Å². The SMILES string of the molecule is C/C=N\NC/C=C\N. The Morgan fingerprint density at radius 2 is 2.50 bits per heavy atom. The lowest BCUT2D eigenvalue weighted by Crippen LogP contribution is -2.04. The van der Waals surface area contributed by atoms with E-state index in [1.807, 2.05) is 6.92 Å². The Morgan fingerprint density at radius 3 is 3.00 bits per heavy atom. The molecular formula is C5H11N3. The van der Waals surface area contributed by atoms with Crippen molar-refractivity contribution in [3.05, 3.63) is 12.3 Å². The molecule has 0 amide bonds. The first-order valence-electron chi connectivity index (χ1n) is 2.49. The summed E-state index contributed by atoms with van der Waals surface area (Å²) in [5.41, 5.74) is 7.78. The molecule has 0 rings (SSSR count). The Labute approximate surface area is 49.3 Å². The van der Waals surface area contributed by atoms with Crippen LogP contribution < -0.4 is 11.2 Å². The predicted molar refractivity (Wildman–Crippen MR) is 35.5 cm³/mol. The van der Waals surface area contributed by atoms with Crippen molar-refractivity contribution in [3.63, 3.8) is 0 Å². The number of rotatable bonds is 3. The molecule has 0 radical (unpaired) electrons. The summed E-state index contributed by atoms with van der Waals surface area (Å²) < 4.78 is 0. The van der Waals surface area contributed by atoms with E-state index < -0.39 is 0 Å². The van der Waals surface area contributed by atoms with Gasteiger partial charge in [0.25, 0.3) is 0 Å². The Hall–Kier alpha value is -0.990. The maximum absolute atomic E-state index is 5.04. The molecule has 0 heterocycles. The van der Waals surface area contributed by atoms with Crippen LogP contribution in [-0.4, -0.2) is 12.8 Å². The van der Waals surface area contributed by atoms with Gasteiger partial charge in [0.05, 0.1) is 6.54 Å². The van der Waals surface area contributed by atoms with Crippen LogP contribution >= 0.6 is 0 Å². The summed E-state index contributed by atoms with van der Waals surface area (Å²) in [5, 5.41) is 3.73. The number of nitrogens with zero attached hydrogens (tertiary/aromatic N) is 1. The molecule has 0 aromatic rings. The highest BCUT2D eigenvalue weighted by Gasteiger charge is 1.66. The minimum absolute atomic E-state index is 0.695. The van der Waals surface area contributed by atoms with Gasteiger partial charge in [0, 0.05) is 6.21 Å². The van der Waals surface area contributed by atoms with E-state index in [1.165, 1.54) is 6.20 Å². The maximum Gasteiger partial charge on any atom is 0.0527 e. The molecule has 8 heavy (non-hydrogen) atoms. The summed E-state index contributed by atoms with van der Waals surface area (Å²) in [7, 11) is 0. The highest BCUT2D eigenvalue weighted by Crippen LogP contribution is 1.60. The highest BCUT2D eigenvalue weighted by molar-refractivity contribution is 5.52. The van der Waals surface area contributed by atoms with Gasteiger partial charge in [-0.05, 0) is 19.2 Å². The van der Waals surface area contributed by atoms with E-state index in [9.17, 15) is 0 Å². The van der Waals surface area contributed by atoms with Gasteiger partial charge in [0.15, 0.2) is 0 Å². The molecule has 0 saturated carbocycles. The number of hydrogen-bond acceptors (Lipinski definition) is 3. The molecule has 0 fully saturated rings. The topological polar surface area (TPSA) is 50.4 Å². The molecule has 46 valence electrons. The fourth-order valence-corrected chi connectivity index (χ4v) is 0.265. The van der Waals surface area contributed by atoms with E-state index >= 15 is 0 Å². The third kappa shape index (κ3) is 5.01. The number of nitrogens with one attached hydrogen (secondary N) is 1. The first-order valence-corrected chi connectivity index (χ1v) is 2.49. The summed E-state index contributed by atoms with van der Waals surface area (Å²) in [6, 6.07) is 0. The molecule has 0 aliphatic rings. The molecule has 3 heteroatoms. The normalized spacial score (nSPS) is 11.1. The van der Waals surface area contributed by atoms with Crippen molar-refractivity contribution in [1.82, 2.24) is 5.43 Å². The first kappa shape index (κ1) is 7.01. The Morgan fingerprint density at radius 1 is 1.75 bits per heavy atom. The number of nitrogens with two attached hydrogens (primary N) is 1. The molecule has 0 aliphatic carbocycles. The fraction of sp³-hybridized carbons (Fsp3) is 0.400. The molecule has 3 nitrogen and oxygen atoms in total. The van der Waals surface area contributed by atoms with Crippen LogP contribution in [0.4, 0.5) is 0 Å². The summed E-state index contributed by atoms with van der Waals surface area (Å²) in [5.74, 6) is 0. The summed E-state index contributed by atoms with van der Waals surface area (Å²) in [6.45, 7) is 2.54. The second-order valence-corrected chi connectivity index (χ2v) is 1.18. The van der Waals surface area contributed by atoms with E-state index in [-0.39, 0.29) is 0 Å². The zero-order valence-corrected chi connectivity index (χ0v) is 4.96. The quantitative estimate of drug-likeness (QED) is 0.309. The van der Waals surface area contributed by atoms with Crippen molar-refractivity contribution < 1.29 is 0 Å². The average Bonchev–Trinajstić information content (AvgIpc) is 1.81. The van der Waals surface area contributed by atoms with Gasteiger partial charge in [0.2, 0.25) is 0 Å². The Kier molecular flexibility index (Phi) is 5.27. The van der Waals surface area contributed by atoms with E-state index in [0.29, 0.717) is 6.54 Å². The van der Waals surface area contributed by atoms with Gasteiger partial charge in [-0.25, -0.2) is 0 Å². The summed E-state index contributed by atoms with van der Waals surface area (Å²) in [4.78, 5) is 0. The molecular weight excluding hydrogens is 102 g/mol. The lowest BCUT2D eigenvalue weighted by Gasteiger charge is -1.88. The molecule has 0 unspecified atom stereocenters. The highest BCUT2D eigenvalue weighted by atomic mass is 15.3. The van der Waals surface area contributed by atoms with Crippen molar-refractivity contribution in [2.75, 3.05) is 6.54 Å². The zero-order valence-electron chi connectivity index (χ0n) is 4.96. The molecule has 0 aliphatic heterocycles. The average molecular weight is 113 g/mol. The zero-order chi connectivity index (χ0) is 6.24. The second-order valence-electron chi connectivity index (χ2n) is 1.18. The lowest BCUT2D eigenvalue weighted by atomic mass is 10.6. The van der Waals surface area contributed by atoms with Gasteiger partial charge >= 0.3 is 0 Å². The minimum atomic E-state index is 0.695. The van der Waals surface area contributed by atoms with Crippen LogP contribution in [0.2, 0.25) is 0 Å². The van der Waals surface area contributed by atoms with Crippen LogP contribution in [0.5, 0.6) is 0 Å². The van der Waals surface area contributed by atoms with Crippen LogP contribution in [0, 0.1) is 0 Å². The molecule has 3 N–H and O–H groups in total. The van der Waals surface area contributed by atoms with Crippen molar-refractivity contribution >= 4 is 6.21 Å². The maximum atomic E-state index is 5.04. The number of hydrazone groups is 1. The third-order valence-electron chi connectivity index (χ3n) is 0.566. The summed E-state index contributed by atoms with van der Waals surface area (Å²) in [6.07, 6.45) is 4.95. The van der Waals surface area contributed by atoms with Gasteiger partial charge in [-0.15, -0.1) is 0 Å². The lowest BCUT2D eigenvalue weighted by molar-refractivity contribution is 0.829. The van der Waals surface area contributed by atoms with Crippen molar-refractivity contribution in [2.24, 2.45) is 10.8 Å². The van der Waals surface area contributed by atoms with Gasteiger partial charge in [-0.3, -0.25) is 0 Å². The van der Waals surface area contributed by atoms with Crippen LogP contribution in [-0.2, 0) is 0 Å². The molecule has 0 aromatic carbocycles. The predicted octanol–water partition coefficient (Wildman–Crippen LogP) is 0.0541. The van der Waals surface area contributed by atoms with E-state index in [1.54, 1.807) is 12.3 Å². The minimum Gasteiger partial charge on any atom is -0.405 e. The number of hydrogen-bond donors (Lipinski definition) is 2.